The molecule has 0 aromatic rings. The average Bonchev–Trinajstić information content (AvgIpc) is 2.22. The molecule has 0 bridgehead atoms. The van der Waals surface area contributed by atoms with E-state index in [9.17, 15) is 18.9 Å². The van der Waals surface area contributed by atoms with E-state index in [1.54, 1.807) is 0 Å². The fraction of sp³-hybridized carbons (Fsp3) is 1.00. The molecule has 0 aliphatic carbocycles. The van der Waals surface area contributed by atoms with Gasteiger partial charge in [0.05, 0.1) is 0 Å². The molecule has 0 aliphatic rings. The Kier molecular flexibility index (Phi) is 27.6. The molecule has 0 aromatic heterocycles. The minimum absolute atomic E-state index is 0. The second kappa shape index (κ2) is 18.7. The SMILES string of the molecule is O.O=P([O-])(O)SCCNCCCNCCSP(=O)([O-])O.[Na+].[Na+]. The number of rotatable bonds is 12. The van der Waals surface area contributed by atoms with Gasteiger partial charge in [0.2, 0.25) is 0 Å². The summed E-state index contributed by atoms with van der Waals surface area (Å²) < 4.78 is 20.8. The molecule has 15 heteroatoms. The normalized spacial score (nSPS) is 15.5. The molecule has 0 saturated heterocycles. The monoisotopic (exact) mass is 416 g/mol. The molecule has 124 valence electrons. The van der Waals surface area contributed by atoms with E-state index >= 15 is 0 Å². The van der Waals surface area contributed by atoms with E-state index in [0.717, 1.165) is 6.42 Å². The van der Waals surface area contributed by atoms with Crippen LogP contribution in [0.1, 0.15) is 6.42 Å². The Morgan fingerprint density at radius 3 is 1.41 bits per heavy atom. The van der Waals surface area contributed by atoms with E-state index < -0.39 is 13.6 Å². The van der Waals surface area contributed by atoms with Crippen molar-refractivity contribution >= 4 is 36.4 Å². The molecule has 0 aromatic carbocycles. The van der Waals surface area contributed by atoms with Crippen LogP contribution in [0.2, 0.25) is 0 Å². The van der Waals surface area contributed by atoms with Gasteiger partial charge < -0.3 is 35.7 Å². The van der Waals surface area contributed by atoms with Gasteiger partial charge in [-0.2, -0.15) is 0 Å². The fourth-order valence-electron chi connectivity index (χ4n) is 1.05. The van der Waals surface area contributed by atoms with Crippen molar-refractivity contribution in [2.75, 3.05) is 37.7 Å². The molecule has 0 amide bonds. The van der Waals surface area contributed by atoms with Gasteiger partial charge in [0.1, 0.15) is 0 Å². The molecule has 0 radical (unpaired) electrons. The molecule has 2 atom stereocenters. The summed E-state index contributed by atoms with van der Waals surface area (Å²) in [5.41, 5.74) is 0. The van der Waals surface area contributed by atoms with E-state index in [4.69, 9.17) is 9.79 Å². The molecular weight excluding hydrogens is 396 g/mol. The molecule has 0 saturated carbocycles. The summed E-state index contributed by atoms with van der Waals surface area (Å²) in [5.74, 6) is 0.577. The zero-order chi connectivity index (χ0) is 14.8. The molecule has 0 heterocycles. The first-order valence-corrected chi connectivity index (χ1v) is 11.8. The minimum Gasteiger partial charge on any atom is -0.770 e. The zero-order valence-corrected chi connectivity index (χ0v) is 20.1. The second-order valence-corrected chi connectivity index (χ2v) is 11.0. The molecule has 0 rings (SSSR count). The van der Waals surface area contributed by atoms with Gasteiger partial charge >= 0.3 is 59.1 Å². The van der Waals surface area contributed by atoms with Gasteiger partial charge in [-0.3, -0.25) is 9.13 Å². The van der Waals surface area contributed by atoms with Crippen molar-refractivity contribution < 1.29 is 93.3 Å². The maximum Gasteiger partial charge on any atom is 1.00 e. The van der Waals surface area contributed by atoms with Crippen LogP contribution in [0.3, 0.4) is 0 Å². The van der Waals surface area contributed by atoms with Crippen LogP contribution in [0.25, 0.3) is 0 Å². The Hall–Kier alpha value is 2.88. The summed E-state index contributed by atoms with van der Waals surface area (Å²) in [6, 6.07) is 0. The van der Waals surface area contributed by atoms with Gasteiger partial charge in [-0.1, -0.05) is 22.8 Å². The fourth-order valence-corrected chi connectivity index (χ4v) is 3.92. The number of nitrogens with one attached hydrogen (secondary N) is 2. The Labute approximate surface area is 182 Å². The summed E-state index contributed by atoms with van der Waals surface area (Å²) in [6.45, 7) is -6.07. The van der Waals surface area contributed by atoms with Crippen LogP contribution in [-0.2, 0) is 9.13 Å². The summed E-state index contributed by atoms with van der Waals surface area (Å²) >= 11 is 1.01. The van der Waals surface area contributed by atoms with Crippen LogP contribution in [0.4, 0.5) is 0 Å². The van der Waals surface area contributed by atoms with Crippen molar-refractivity contribution in [2.24, 2.45) is 0 Å². The van der Waals surface area contributed by atoms with Crippen molar-refractivity contribution in [1.82, 2.24) is 10.6 Å². The first-order valence-electron chi connectivity index (χ1n) is 5.49. The Morgan fingerprint density at radius 2 is 1.14 bits per heavy atom. The van der Waals surface area contributed by atoms with Gasteiger partial charge in [-0.25, -0.2) is 0 Å². The average molecular weight is 416 g/mol. The van der Waals surface area contributed by atoms with E-state index in [0.29, 0.717) is 48.9 Å². The zero-order valence-electron chi connectivity index (χ0n) is 12.7. The quantitative estimate of drug-likeness (QED) is 0.136. The molecular formula is C7H20N2Na2O7P2S2. The third-order valence-corrected chi connectivity index (χ3v) is 6.25. The predicted octanol–water partition coefficient (Wildman–Crippen LogP) is -7.87. The van der Waals surface area contributed by atoms with Gasteiger partial charge in [-0.15, -0.1) is 0 Å². The van der Waals surface area contributed by atoms with Gasteiger partial charge in [0.15, 0.2) is 13.6 Å². The molecule has 0 spiro atoms. The molecule has 6 N–H and O–H groups in total. The summed E-state index contributed by atoms with van der Waals surface area (Å²) in [4.78, 5) is 37.7. The molecule has 9 nitrogen and oxygen atoms in total. The van der Waals surface area contributed by atoms with Crippen LogP contribution >= 0.6 is 36.4 Å². The van der Waals surface area contributed by atoms with Crippen LogP contribution in [0, 0.1) is 0 Å². The first kappa shape index (κ1) is 32.5. The van der Waals surface area contributed by atoms with E-state index in [2.05, 4.69) is 10.6 Å². The van der Waals surface area contributed by atoms with Crippen molar-refractivity contribution in [3.05, 3.63) is 0 Å². The van der Waals surface area contributed by atoms with Crippen LogP contribution in [0.5, 0.6) is 0 Å². The van der Waals surface area contributed by atoms with Crippen LogP contribution in [0.15, 0.2) is 0 Å². The van der Waals surface area contributed by atoms with Crippen LogP contribution < -0.4 is 79.5 Å². The second-order valence-electron chi connectivity index (χ2n) is 3.46. The van der Waals surface area contributed by atoms with Crippen molar-refractivity contribution in [3.63, 3.8) is 0 Å². The Bertz CT molecular complexity index is 304. The van der Waals surface area contributed by atoms with Crippen LogP contribution in [-0.4, -0.2) is 52.9 Å². The Balaban J connectivity index is -0.000000540. The summed E-state index contributed by atoms with van der Waals surface area (Å²) in [5, 5.41) is 6.00. The smallest absolute Gasteiger partial charge is 0.770 e. The topological polar surface area (TPSA) is 176 Å². The molecule has 0 fully saturated rings. The summed E-state index contributed by atoms with van der Waals surface area (Å²) in [6.07, 6.45) is 0.803. The standard InChI is InChI=1S/C7H20N2O6P2S2.2Na.H2O/c10-16(11,12)18-6-4-8-2-1-3-9-5-7-19-17(13,14)15;;;/h8-9H,1-7H2,(H2,10,11,12)(H2,13,14,15);;;1H2/q;2*+1;/p-2. The largest absolute Gasteiger partial charge is 1.00 e. The summed E-state index contributed by atoms with van der Waals surface area (Å²) in [7, 11) is 0. The predicted molar refractivity (Wildman–Crippen MR) is 78.5 cm³/mol. The third-order valence-electron chi connectivity index (χ3n) is 1.77. The van der Waals surface area contributed by atoms with Crippen molar-refractivity contribution in [2.45, 2.75) is 6.42 Å². The van der Waals surface area contributed by atoms with Crippen molar-refractivity contribution in [3.8, 4) is 0 Å². The van der Waals surface area contributed by atoms with E-state index in [1.807, 2.05) is 0 Å². The van der Waals surface area contributed by atoms with Gasteiger partial charge in [0.25, 0.3) is 0 Å². The van der Waals surface area contributed by atoms with E-state index in [-0.39, 0.29) is 76.1 Å². The molecule has 2 unspecified atom stereocenters. The number of hydrogen-bond donors (Lipinski definition) is 4. The maximum absolute atomic E-state index is 10.4. The number of hydrogen-bond acceptors (Lipinski definition) is 8. The molecule has 22 heavy (non-hydrogen) atoms. The van der Waals surface area contributed by atoms with E-state index in [1.165, 1.54) is 0 Å². The van der Waals surface area contributed by atoms with Gasteiger partial charge in [-0.05, 0) is 19.5 Å². The first-order chi connectivity index (χ1) is 8.71. The van der Waals surface area contributed by atoms with Gasteiger partial charge in [0, 0.05) is 24.6 Å². The minimum atomic E-state index is -4.21. The third kappa shape index (κ3) is 30.7. The maximum atomic E-state index is 10.4. The molecule has 0 aliphatic heterocycles. The Morgan fingerprint density at radius 1 is 0.818 bits per heavy atom. The van der Waals surface area contributed by atoms with Crippen molar-refractivity contribution in [1.29, 1.82) is 0 Å².